The van der Waals surface area contributed by atoms with E-state index in [0.717, 1.165) is 18.4 Å². The van der Waals surface area contributed by atoms with Gasteiger partial charge in [-0.25, -0.2) is 0 Å². The molecule has 1 unspecified atom stereocenters. The summed E-state index contributed by atoms with van der Waals surface area (Å²) in [5.41, 5.74) is -0.274. The molecule has 3 N–H and O–H groups in total. The third-order valence-electron chi connectivity index (χ3n) is 4.48. The van der Waals surface area contributed by atoms with Crippen LogP contribution < -0.4 is 10.6 Å². The van der Waals surface area contributed by atoms with E-state index < -0.39 is 5.54 Å². The van der Waals surface area contributed by atoms with Gasteiger partial charge in [-0.15, -0.1) is 0 Å². The lowest BCUT2D eigenvalue weighted by Gasteiger charge is -2.23. The zero-order valence-electron chi connectivity index (χ0n) is 14.9. The van der Waals surface area contributed by atoms with Crippen molar-refractivity contribution >= 4 is 29.4 Å². The van der Waals surface area contributed by atoms with Crippen LogP contribution in [0.2, 0.25) is 5.02 Å². The first-order valence-corrected chi connectivity index (χ1v) is 8.89. The summed E-state index contributed by atoms with van der Waals surface area (Å²) in [6.45, 7) is 5.93. The van der Waals surface area contributed by atoms with Crippen molar-refractivity contribution in [2.75, 3.05) is 0 Å². The molecule has 1 saturated heterocycles. The molecule has 1 aromatic rings. The Morgan fingerprint density at radius 2 is 2.08 bits per heavy atom. The normalized spacial score (nSPS) is 20.1. The summed E-state index contributed by atoms with van der Waals surface area (Å²) in [5.74, 6) is -0.463. The molecule has 2 rings (SSSR count). The Morgan fingerprint density at radius 1 is 1.40 bits per heavy atom. The van der Waals surface area contributed by atoms with E-state index in [4.69, 9.17) is 17.0 Å². The molecule has 0 aromatic heterocycles. The number of amides is 2. The van der Waals surface area contributed by atoms with Gasteiger partial charge in [-0.1, -0.05) is 37.6 Å². The van der Waals surface area contributed by atoms with Gasteiger partial charge in [0.2, 0.25) is 5.91 Å². The molecular weight excluding hydrogens is 340 g/mol. The number of guanidine groups is 1. The summed E-state index contributed by atoms with van der Waals surface area (Å²) in [7, 11) is 0. The van der Waals surface area contributed by atoms with Gasteiger partial charge in [-0.2, -0.15) is 0 Å². The van der Waals surface area contributed by atoms with E-state index in [-0.39, 0.29) is 36.8 Å². The number of hydrogen-bond acceptors (Lipinski definition) is 3. The van der Waals surface area contributed by atoms with E-state index in [1.807, 2.05) is 19.9 Å². The van der Waals surface area contributed by atoms with Crippen LogP contribution in [-0.4, -0.2) is 34.3 Å². The van der Waals surface area contributed by atoms with Crippen molar-refractivity contribution in [3.05, 3.63) is 34.9 Å². The highest BCUT2D eigenvalue weighted by molar-refractivity contribution is 6.30. The molecule has 0 spiro atoms. The van der Waals surface area contributed by atoms with Gasteiger partial charge < -0.3 is 10.6 Å². The molecule has 0 radical (unpaired) electrons. The zero-order chi connectivity index (χ0) is 18.6. The van der Waals surface area contributed by atoms with Crippen molar-refractivity contribution in [2.45, 2.75) is 58.2 Å². The van der Waals surface area contributed by atoms with Crippen molar-refractivity contribution in [1.29, 1.82) is 5.41 Å². The van der Waals surface area contributed by atoms with Crippen molar-refractivity contribution in [1.82, 2.24) is 15.5 Å². The Labute approximate surface area is 153 Å². The standard InChI is InChI=1S/C18H25ClN4O2/c1-4-14(5-2)21-15(24)10-18(3)16(25)23(17(20)22-18)11-12-7-6-8-13(19)9-12/h6-9,14H,4-5,10-11H2,1-3H3,(H2,20,22)(H,21,24). The van der Waals surface area contributed by atoms with Gasteiger partial charge in [0.15, 0.2) is 5.96 Å². The Hall–Kier alpha value is -2.08. The molecule has 1 fully saturated rings. The van der Waals surface area contributed by atoms with Gasteiger partial charge in [0.05, 0.1) is 13.0 Å². The first kappa shape index (κ1) is 19.2. The lowest BCUT2D eigenvalue weighted by atomic mass is 9.97. The van der Waals surface area contributed by atoms with Crippen molar-refractivity contribution in [3.8, 4) is 0 Å². The molecule has 136 valence electrons. The number of carbonyl (C=O) groups excluding carboxylic acids is 2. The number of rotatable bonds is 7. The Kier molecular flexibility index (Phi) is 6.06. The van der Waals surface area contributed by atoms with E-state index in [0.29, 0.717) is 5.02 Å². The first-order chi connectivity index (χ1) is 11.8. The van der Waals surface area contributed by atoms with Crippen LogP contribution in [0.3, 0.4) is 0 Å². The lowest BCUT2D eigenvalue weighted by molar-refractivity contribution is -0.134. The van der Waals surface area contributed by atoms with Crippen LogP contribution in [0.25, 0.3) is 0 Å². The maximum absolute atomic E-state index is 12.8. The van der Waals surface area contributed by atoms with E-state index in [2.05, 4.69) is 10.6 Å². The Morgan fingerprint density at radius 3 is 2.68 bits per heavy atom. The molecular formula is C18H25ClN4O2. The van der Waals surface area contributed by atoms with Crippen molar-refractivity contribution in [3.63, 3.8) is 0 Å². The second kappa shape index (κ2) is 7.87. The molecule has 25 heavy (non-hydrogen) atoms. The van der Waals surface area contributed by atoms with Crippen LogP contribution in [0.5, 0.6) is 0 Å². The number of benzene rings is 1. The average Bonchev–Trinajstić information content (AvgIpc) is 2.75. The van der Waals surface area contributed by atoms with Crippen molar-refractivity contribution < 1.29 is 9.59 Å². The van der Waals surface area contributed by atoms with E-state index in [1.165, 1.54) is 4.90 Å². The van der Waals surface area contributed by atoms with E-state index in [9.17, 15) is 9.59 Å². The zero-order valence-corrected chi connectivity index (χ0v) is 15.6. The van der Waals surface area contributed by atoms with Gasteiger partial charge in [-0.3, -0.25) is 19.9 Å². The van der Waals surface area contributed by atoms with Gasteiger partial charge >= 0.3 is 0 Å². The second-order valence-corrected chi connectivity index (χ2v) is 7.02. The van der Waals surface area contributed by atoms with Crippen LogP contribution in [0.15, 0.2) is 24.3 Å². The van der Waals surface area contributed by atoms with Gasteiger partial charge in [-0.05, 0) is 37.5 Å². The van der Waals surface area contributed by atoms with Crippen LogP contribution >= 0.6 is 11.6 Å². The van der Waals surface area contributed by atoms with Gasteiger partial charge in [0.25, 0.3) is 5.91 Å². The van der Waals surface area contributed by atoms with Crippen LogP contribution in [-0.2, 0) is 16.1 Å². The lowest BCUT2D eigenvalue weighted by Crippen LogP contribution is -2.49. The van der Waals surface area contributed by atoms with E-state index in [1.54, 1.807) is 25.1 Å². The highest BCUT2D eigenvalue weighted by Crippen LogP contribution is 2.23. The number of nitrogens with zero attached hydrogens (tertiary/aromatic N) is 1. The molecule has 1 heterocycles. The highest BCUT2D eigenvalue weighted by atomic mass is 35.5. The third kappa shape index (κ3) is 4.51. The smallest absolute Gasteiger partial charge is 0.255 e. The predicted octanol–water partition coefficient (Wildman–Crippen LogP) is 2.66. The summed E-state index contributed by atoms with van der Waals surface area (Å²) in [5, 5.41) is 14.5. The molecule has 0 aliphatic carbocycles. The molecule has 1 aromatic carbocycles. The second-order valence-electron chi connectivity index (χ2n) is 6.58. The predicted molar refractivity (Wildman–Crippen MR) is 98.4 cm³/mol. The third-order valence-corrected chi connectivity index (χ3v) is 4.71. The molecule has 7 heteroatoms. The molecule has 1 atom stereocenters. The number of nitrogens with one attached hydrogen (secondary N) is 3. The van der Waals surface area contributed by atoms with Crippen molar-refractivity contribution in [2.24, 2.45) is 0 Å². The maximum Gasteiger partial charge on any atom is 0.255 e. The maximum atomic E-state index is 12.8. The molecule has 2 amide bonds. The largest absolute Gasteiger partial charge is 0.353 e. The number of hydrogen-bond donors (Lipinski definition) is 3. The fraction of sp³-hybridized carbons (Fsp3) is 0.500. The van der Waals surface area contributed by atoms with E-state index >= 15 is 0 Å². The molecule has 0 bridgehead atoms. The Balaban J connectivity index is 2.07. The first-order valence-electron chi connectivity index (χ1n) is 8.51. The quantitative estimate of drug-likeness (QED) is 0.695. The molecule has 1 aliphatic heterocycles. The topological polar surface area (TPSA) is 85.3 Å². The van der Waals surface area contributed by atoms with Crippen LogP contribution in [0, 0.1) is 5.41 Å². The minimum atomic E-state index is -1.11. The fourth-order valence-corrected chi connectivity index (χ4v) is 3.18. The molecule has 0 saturated carbocycles. The SMILES string of the molecule is CCC(CC)NC(=O)CC1(C)NC(=N)N(Cc2cccc(Cl)c2)C1=O. The van der Waals surface area contributed by atoms with Crippen LogP contribution in [0.1, 0.15) is 45.6 Å². The average molecular weight is 365 g/mol. The molecule has 6 nitrogen and oxygen atoms in total. The minimum Gasteiger partial charge on any atom is -0.353 e. The van der Waals surface area contributed by atoms with Gasteiger partial charge in [0.1, 0.15) is 5.54 Å². The van der Waals surface area contributed by atoms with Crippen LogP contribution in [0.4, 0.5) is 0 Å². The number of carbonyl (C=O) groups is 2. The highest BCUT2D eigenvalue weighted by Gasteiger charge is 2.47. The summed E-state index contributed by atoms with van der Waals surface area (Å²) < 4.78 is 0. The molecule has 1 aliphatic rings. The Bertz CT molecular complexity index is 675. The fourth-order valence-electron chi connectivity index (χ4n) is 2.96. The van der Waals surface area contributed by atoms with Gasteiger partial charge in [0, 0.05) is 11.1 Å². The summed E-state index contributed by atoms with van der Waals surface area (Å²) in [4.78, 5) is 26.4. The number of halogens is 1. The summed E-state index contributed by atoms with van der Waals surface area (Å²) >= 11 is 5.98. The summed E-state index contributed by atoms with van der Waals surface area (Å²) in [6, 6.07) is 7.28. The minimum absolute atomic E-state index is 0.00260. The monoisotopic (exact) mass is 364 g/mol. The summed E-state index contributed by atoms with van der Waals surface area (Å²) in [6.07, 6.45) is 1.69.